The van der Waals surface area contributed by atoms with Crippen molar-refractivity contribution in [2.75, 3.05) is 11.1 Å². The maximum absolute atomic E-state index is 5.90. The second-order valence-corrected chi connectivity index (χ2v) is 5.40. The highest BCUT2D eigenvalue weighted by Gasteiger charge is 2.36. The van der Waals surface area contributed by atoms with Gasteiger partial charge in [0, 0.05) is 17.7 Å². The van der Waals surface area contributed by atoms with Gasteiger partial charge in [0.05, 0.1) is 0 Å². The molecule has 1 aromatic heterocycles. The Morgan fingerprint density at radius 2 is 2.05 bits per heavy atom. The largest absolute Gasteiger partial charge is 0.384 e. The summed E-state index contributed by atoms with van der Waals surface area (Å²) in [7, 11) is 0. The van der Waals surface area contributed by atoms with Crippen LogP contribution in [-0.2, 0) is 0 Å². The Bertz CT molecular complexity index is 582. The predicted molar refractivity (Wildman–Crippen MR) is 82.3 cm³/mol. The van der Waals surface area contributed by atoms with Gasteiger partial charge < -0.3 is 11.1 Å². The van der Waals surface area contributed by atoms with Crippen LogP contribution in [0.4, 0.5) is 11.6 Å². The van der Waals surface area contributed by atoms with E-state index < -0.39 is 0 Å². The van der Waals surface area contributed by atoms with Gasteiger partial charge in [0.25, 0.3) is 0 Å². The topological polar surface area (TPSA) is 63.8 Å². The second-order valence-electron chi connectivity index (χ2n) is 5.40. The van der Waals surface area contributed by atoms with Gasteiger partial charge in [-0.3, -0.25) is 0 Å². The van der Waals surface area contributed by atoms with Crippen LogP contribution in [0.25, 0.3) is 11.4 Å². The zero-order valence-corrected chi connectivity index (χ0v) is 11.7. The number of rotatable bonds is 5. The van der Waals surface area contributed by atoms with E-state index in [1.165, 1.54) is 19.3 Å². The standard InChI is InChI=1S/C16H20N4/c1-2-6-12-9-13(12)18-15-10-14(17)19-16(20-15)11-7-4-3-5-8-11/h3-5,7-8,10,12-13H,2,6,9H2,1H3,(H3,17,18,19,20). The second kappa shape index (κ2) is 5.49. The van der Waals surface area contributed by atoms with Crippen molar-refractivity contribution in [3.63, 3.8) is 0 Å². The van der Waals surface area contributed by atoms with Gasteiger partial charge in [-0.2, -0.15) is 0 Å². The van der Waals surface area contributed by atoms with Crippen molar-refractivity contribution in [1.29, 1.82) is 0 Å². The Kier molecular flexibility index (Phi) is 3.54. The van der Waals surface area contributed by atoms with Crippen LogP contribution in [0.3, 0.4) is 0 Å². The van der Waals surface area contributed by atoms with Crippen LogP contribution >= 0.6 is 0 Å². The molecule has 0 amide bonds. The molecule has 2 unspecified atom stereocenters. The maximum Gasteiger partial charge on any atom is 0.163 e. The summed E-state index contributed by atoms with van der Waals surface area (Å²) in [5.41, 5.74) is 6.88. The van der Waals surface area contributed by atoms with Gasteiger partial charge in [-0.15, -0.1) is 0 Å². The molecule has 4 heteroatoms. The van der Waals surface area contributed by atoms with Crippen molar-refractivity contribution < 1.29 is 0 Å². The first kappa shape index (κ1) is 12.9. The number of nitrogens with one attached hydrogen (secondary N) is 1. The molecule has 1 aromatic carbocycles. The van der Waals surface area contributed by atoms with Gasteiger partial charge in [0.15, 0.2) is 5.82 Å². The summed E-state index contributed by atoms with van der Waals surface area (Å²) in [6.07, 6.45) is 3.76. The molecule has 3 rings (SSSR count). The Balaban J connectivity index is 1.78. The Morgan fingerprint density at radius 3 is 2.80 bits per heavy atom. The molecule has 1 saturated carbocycles. The molecule has 0 saturated heterocycles. The molecule has 2 atom stereocenters. The molecule has 0 bridgehead atoms. The highest BCUT2D eigenvalue weighted by atomic mass is 15.1. The molecule has 20 heavy (non-hydrogen) atoms. The fraction of sp³-hybridized carbons (Fsp3) is 0.375. The molecule has 104 valence electrons. The van der Waals surface area contributed by atoms with E-state index in [1.807, 2.05) is 36.4 Å². The molecule has 1 aliphatic carbocycles. The summed E-state index contributed by atoms with van der Waals surface area (Å²) in [5.74, 6) is 2.81. The van der Waals surface area contributed by atoms with Crippen LogP contribution in [0, 0.1) is 5.92 Å². The maximum atomic E-state index is 5.90. The lowest BCUT2D eigenvalue weighted by Gasteiger charge is -2.08. The van der Waals surface area contributed by atoms with Gasteiger partial charge in [-0.05, 0) is 18.8 Å². The Hall–Kier alpha value is -2.10. The average molecular weight is 268 g/mol. The van der Waals surface area contributed by atoms with Crippen LogP contribution in [-0.4, -0.2) is 16.0 Å². The molecular weight excluding hydrogens is 248 g/mol. The number of aromatic nitrogens is 2. The summed E-state index contributed by atoms with van der Waals surface area (Å²) in [5, 5.41) is 3.47. The van der Waals surface area contributed by atoms with E-state index in [1.54, 1.807) is 0 Å². The first-order chi connectivity index (χ1) is 9.76. The summed E-state index contributed by atoms with van der Waals surface area (Å²) in [6, 6.07) is 12.3. The number of benzene rings is 1. The zero-order chi connectivity index (χ0) is 13.9. The SMILES string of the molecule is CCCC1CC1Nc1cc(N)nc(-c2ccccc2)n1. The molecule has 1 fully saturated rings. The lowest BCUT2D eigenvalue weighted by atomic mass is 10.2. The minimum absolute atomic E-state index is 0.508. The van der Waals surface area contributed by atoms with E-state index >= 15 is 0 Å². The van der Waals surface area contributed by atoms with E-state index in [-0.39, 0.29) is 0 Å². The molecule has 2 aromatic rings. The number of hydrogen-bond donors (Lipinski definition) is 2. The van der Waals surface area contributed by atoms with Crippen LogP contribution < -0.4 is 11.1 Å². The predicted octanol–water partition coefficient (Wildman–Crippen LogP) is 3.33. The van der Waals surface area contributed by atoms with E-state index in [2.05, 4.69) is 22.2 Å². The monoisotopic (exact) mass is 268 g/mol. The van der Waals surface area contributed by atoms with Gasteiger partial charge >= 0.3 is 0 Å². The van der Waals surface area contributed by atoms with E-state index in [0.29, 0.717) is 17.7 Å². The molecule has 0 radical (unpaired) electrons. The molecule has 1 heterocycles. The number of hydrogen-bond acceptors (Lipinski definition) is 4. The lowest BCUT2D eigenvalue weighted by Crippen LogP contribution is -2.08. The van der Waals surface area contributed by atoms with Crippen molar-refractivity contribution >= 4 is 11.6 Å². The summed E-state index contributed by atoms with van der Waals surface area (Å²) in [4.78, 5) is 8.89. The molecule has 0 aliphatic heterocycles. The fourth-order valence-corrected chi connectivity index (χ4v) is 2.56. The van der Waals surface area contributed by atoms with E-state index in [4.69, 9.17) is 5.73 Å². The summed E-state index contributed by atoms with van der Waals surface area (Å²) in [6.45, 7) is 2.23. The van der Waals surface area contributed by atoms with Gasteiger partial charge in [-0.1, -0.05) is 43.7 Å². The smallest absolute Gasteiger partial charge is 0.163 e. The quantitative estimate of drug-likeness (QED) is 0.873. The first-order valence-electron chi connectivity index (χ1n) is 7.22. The van der Waals surface area contributed by atoms with Crippen molar-refractivity contribution in [2.24, 2.45) is 5.92 Å². The molecule has 4 nitrogen and oxygen atoms in total. The van der Waals surface area contributed by atoms with Crippen molar-refractivity contribution in [3.05, 3.63) is 36.4 Å². The third kappa shape index (κ3) is 2.90. The van der Waals surface area contributed by atoms with Crippen LogP contribution in [0.15, 0.2) is 36.4 Å². The minimum atomic E-state index is 0.508. The van der Waals surface area contributed by atoms with E-state index in [9.17, 15) is 0 Å². The minimum Gasteiger partial charge on any atom is -0.384 e. The highest BCUT2D eigenvalue weighted by molar-refractivity contribution is 5.60. The fourth-order valence-electron chi connectivity index (χ4n) is 2.56. The average Bonchev–Trinajstić information content (AvgIpc) is 3.17. The number of anilines is 2. The Morgan fingerprint density at radius 1 is 1.25 bits per heavy atom. The Labute approximate surface area is 119 Å². The van der Waals surface area contributed by atoms with Crippen LogP contribution in [0.2, 0.25) is 0 Å². The number of nitrogens with two attached hydrogens (primary N) is 1. The number of nitrogens with zero attached hydrogens (tertiary/aromatic N) is 2. The summed E-state index contributed by atoms with van der Waals surface area (Å²) < 4.78 is 0. The molecular formula is C16H20N4. The molecule has 1 aliphatic rings. The highest BCUT2D eigenvalue weighted by Crippen LogP contribution is 2.37. The molecule has 0 spiro atoms. The van der Waals surface area contributed by atoms with Gasteiger partial charge in [0.2, 0.25) is 0 Å². The summed E-state index contributed by atoms with van der Waals surface area (Å²) >= 11 is 0. The van der Waals surface area contributed by atoms with Crippen LogP contribution in [0.5, 0.6) is 0 Å². The third-order valence-corrected chi connectivity index (χ3v) is 3.69. The van der Waals surface area contributed by atoms with E-state index in [0.717, 1.165) is 17.3 Å². The van der Waals surface area contributed by atoms with Gasteiger partial charge in [-0.25, -0.2) is 9.97 Å². The third-order valence-electron chi connectivity index (χ3n) is 3.69. The van der Waals surface area contributed by atoms with Crippen molar-refractivity contribution in [2.45, 2.75) is 32.2 Å². The zero-order valence-electron chi connectivity index (χ0n) is 11.7. The van der Waals surface area contributed by atoms with Gasteiger partial charge in [0.1, 0.15) is 11.6 Å². The first-order valence-corrected chi connectivity index (χ1v) is 7.22. The molecule has 3 N–H and O–H groups in total. The normalized spacial score (nSPS) is 20.6. The van der Waals surface area contributed by atoms with Crippen LogP contribution in [0.1, 0.15) is 26.2 Å². The number of nitrogen functional groups attached to an aromatic ring is 1. The lowest BCUT2D eigenvalue weighted by molar-refractivity contribution is 0.692. The van der Waals surface area contributed by atoms with Crippen molar-refractivity contribution in [3.8, 4) is 11.4 Å². The van der Waals surface area contributed by atoms with Crippen molar-refractivity contribution in [1.82, 2.24) is 9.97 Å².